The van der Waals surface area contributed by atoms with Crippen LogP contribution in [0.5, 0.6) is 0 Å². The van der Waals surface area contributed by atoms with Gasteiger partial charge in [-0.05, 0) is 19.8 Å². The molecule has 0 radical (unpaired) electrons. The van der Waals surface area contributed by atoms with Crippen LogP contribution in [-0.4, -0.2) is 6.71 Å². The van der Waals surface area contributed by atoms with Crippen molar-refractivity contribution >= 4 is 6.71 Å². The van der Waals surface area contributed by atoms with Gasteiger partial charge in [0.1, 0.15) is 0 Å². The van der Waals surface area contributed by atoms with Crippen LogP contribution in [0.25, 0.3) is 0 Å². The summed E-state index contributed by atoms with van der Waals surface area (Å²) in [5, 5.41) is 0. The summed E-state index contributed by atoms with van der Waals surface area (Å²) in [5.74, 6) is 0. The summed E-state index contributed by atoms with van der Waals surface area (Å²) in [4.78, 5) is 0. The first-order valence-corrected chi connectivity index (χ1v) is 5.60. The first-order chi connectivity index (χ1) is 6.67. The van der Waals surface area contributed by atoms with Crippen molar-refractivity contribution in [2.24, 2.45) is 0 Å². The maximum absolute atomic E-state index is 3.85. The molecular formula is C13H23B. The molecule has 0 aromatic rings. The second-order valence-corrected chi connectivity index (χ2v) is 3.93. The maximum Gasteiger partial charge on any atom is 0.167 e. The Morgan fingerprint density at radius 3 is 2.43 bits per heavy atom. The molecule has 0 atom stereocenters. The Bertz CT molecular complexity index is 213. The molecule has 0 aliphatic carbocycles. The van der Waals surface area contributed by atoms with Crippen LogP contribution in [0, 0.1) is 0 Å². The van der Waals surface area contributed by atoms with Gasteiger partial charge in [0, 0.05) is 0 Å². The van der Waals surface area contributed by atoms with E-state index in [2.05, 4.69) is 33.8 Å². The quantitative estimate of drug-likeness (QED) is 0.314. The van der Waals surface area contributed by atoms with Gasteiger partial charge in [-0.1, -0.05) is 56.3 Å². The molecule has 0 unspecified atom stereocenters. The molecule has 78 valence electrons. The molecule has 0 amide bonds. The molecule has 0 spiro atoms. The third kappa shape index (κ3) is 4.50. The highest BCUT2D eigenvalue weighted by atomic mass is 14.0. The molecule has 0 nitrogen and oxygen atoms in total. The van der Waals surface area contributed by atoms with Gasteiger partial charge in [0.15, 0.2) is 6.71 Å². The minimum Gasteiger partial charge on any atom is -0.103 e. The maximum atomic E-state index is 3.85. The molecule has 0 saturated heterocycles. The zero-order valence-corrected chi connectivity index (χ0v) is 9.97. The molecule has 0 aromatic carbocycles. The molecule has 0 aliphatic rings. The SMILES string of the molecule is C=CCC/C(B(C)CCC)=C(/C)C=C. The van der Waals surface area contributed by atoms with Crippen molar-refractivity contribution < 1.29 is 0 Å². The summed E-state index contributed by atoms with van der Waals surface area (Å²) >= 11 is 0. The number of hydrogen-bond acceptors (Lipinski definition) is 0. The van der Waals surface area contributed by atoms with Crippen molar-refractivity contribution in [1.29, 1.82) is 0 Å². The van der Waals surface area contributed by atoms with Gasteiger partial charge in [-0.15, -0.1) is 6.58 Å². The first-order valence-electron chi connectivity index (χ1n) is 5.60. The van der Waals surface area contributed by atoms with E-state index in [9.17, 15) is 0 Å². The van der Waals surface area contributed by atoms with Crippen LogP contribution >= 0.6 is 0 Å². The Balaban J connectivity index is 4.53. The highest BCUT2D eigenvalue weighted by molar-refractivity contribution is 6.65. The van der Waals surface area contributed by atoms with Crippen LogP contribution in [0.3, 0.4) is 0 Å². The number of rotatable bonds is 7. The fourth-order valence-electron chi connectivity index (χ4n) is 1.83. The standard InChI is InChI=1S/C13H23B/c1-6-9-10-13(12(4)8-3)14(5)11-7-2/h6,8H,1,3,7,9-11H2,2,4-5H3/b13-12+. The molecule has 0 saturated carbocycles. The highest BCUT2D eigenvalue weighted by Gasteiger charge is 2.12. The van der Waals surface area contributed by atoms with Gasteiger partial charge >= 0.3 is 0 Å². The molecule has 1 heteroatoms. The lowest BCUT2D eigenvalue weighted by Gasteiger charge is -2.14. The van der Waals surface area contributed by atoms with Crippen LogP contribution in [0.15, 0.2) is 36.4 Å². The zero-order chi connectivity index (χ0) is 11.0. The smallest absolute Gasteiger partial charge is 0.103 e. The van der Waals surface area contributed by atoms with E-state index in [-0.39, 0.29) is 0 Å². The van der Waals surface area contributed by atoms with Gasteiger partial charge < -0.3 is 0 Å². The van der Waals surface area contributed by atoms with Crippen LogP contribution in [-0.2, 0) is 0 Å². The largest absolute Gasteiger partial charge is 0.167 e. The summed E-state index contributed by atoms with van der Waals surface area (Å²) in [6.45, 7) is 15.0. The van der Waals surface area contributed by atoms with Gasteiger partial charge in [0.25, 0.3) is 0 Å². The Morgan fingerprint density at radius 1 is 1.36 bits per heavy atom. The normalized spacial score (nSPS) is 11.9. The summed E-state index contributed by atoms with van der Waals surface area (Å²) in [7, 11) is 0. The van der Waals surface area contributed by atoms with Gasteiger partial charge in [0.2, 0.25) is 0 Å². The topological polar surface area (TPSA) is 0 Å². The lowest BCUT2D eigenvalue weighted by Crippen LogP contribution is -2.12. The third-order valence-electron chi connectivity index (χ3n) is 2.75. The highest BCUT2D eigenvalue weighted by Crippen LogP contribution is 2.19. The van der Waals surface area contributed by atoms with Crippen molar-refractivity contribution in [1.82, 2.24) is 0 Å². The van der Waals surface area contributed by atoms with Crippen molar-refractivity contribution in [3.63, 3.8) is 0 Å². The minimum atomic E-state index is 0.693. The molecule has 0 aliphatic heterocycles. The van der Waals surface area contributed by atoms with Crippen molar-refractivity contribution in [3.8, 4) is 0 Å². The monoisotopic (exact) mass is 190 g/mol. The summed E-state index contributed by atoms with van der Waals surface area (Å²) in [5.41, 5.74) is 2.91. The fourth-order valence-corrected chi connectivity index (χ4v) is 1.83. The molecular weight excluding hydrogens is 167 g/mol. The van der Waals surface area contributed by atoms with Crippen molar-refractivity contribution in [2.75, 3.05) is 0 Å². The molecule has 0 fully saturated rings. The predicted octanol–water partition coefficient (Wildman–Crippen LogP) is 4.53. The van der Waals surface area contributed by atoms with E-state index in [1.54, 1.807) is 5.47 Å². The van der Waals surface area contributed by atoms with Crippen LogP contribution in [0.2, 0.25) is 13.1 Å². The Kier molecular flexibility index (Phi) is 7.28. The molecule has 0 N–H and O–H groups in total. The second kappa shape index (κ2) is 7.67. The van der Waals surface area contributed by atoms with Crippen molar-refractivity contribution in [3.05, 3.63) is 36.4 Å². The fraction of sp³-hybridized carbons (Fsp3) is 0.538. The first kappa shape index (κ1) is 13.3. The number of allylic oxidation sites excluding steroid dienone is 4. The summed E-state index contributed by atoms with van der Waals surface area (Å²) in [6.07, 6.45) is 8.72. The van der Waals surface area contributed by atoms with E-state index in [0.29, 0.717) is 6.71 Å². The van der Waals surface area contributed by atoms with Gasteiger partial charge in [-0.3, -0.25) is 0 Å². The average Bonchev–Trinajstić information content (AvgIpc) is 2.18. The molecule has 0 aromatic heterocycles. The van der Waals surface area contributed by atoms with Crippen molar-refractivity contribution in [2.45, 2.75) is 46.3 Å². The summed E-state index contributed by atoms with van der Waals surface area (Å²) < 4.78 is 0. The van der Waals surface area contributed by atoms with E-state index in [1.165, 1.54) is 18.3 Å². The van der Waals surface area contributed by atoms with Crippen LogP contribution in [0.1, 0.15) is 33.1 Å². The average molecular weight is 190 g/mol. The molecule has 14 heavy (non-hydrogen) atoms. The van der Waals surface area contributed by atoms with Gasteiger partial charge in [0.05, 0.1) is 0 Å². The lowest BCUT2D eigenvalue weighted by atomic mass is 9.42. The van der Waals surface area contributed by atoms with E-state index in [4.69, 9.17) is 0 Å². The predicted molar refractivity (Wildman–Crippen MR) is 69.0 cm³/mol. The van der Waals surface area contributed by atoms with Crippen LogP contribution < -0.4 is 0 Å². The Morgan fingerprint density at radius 2 is 2.00 bits per heavy atom. The van der Waals surface area contributed by atoms with E-state index < -0.39 is 0 Å². The zero-order valence-electron chi connectivity index (χ0n) is 9.97. The van der Waals surface area contributed by atoms with Gasteiger partial charge in [-0.2, -0.15) is 0 Å². The molecule has 0 rings (SSSR count). The Labute approximate surface area is 89.9 Å². The molecule has 0 bridgehead atoms. The van der Waals surface area contributed by atoms with Gasteiger partial charge in [-0.25, -0.2) is 0 Å². The third-order valence-corrected chi connectivity index (χ3v) is 2.75. The lowest BCUT2D eigenvalue weighted by molar-refractivity contribution is 0.995. The molecule has 0 heterocycles. The van der Waals surface area contributed by atoms with E-state index in [0.717, 1.165) is 12.8 Å². The van der Waals surface area contributed by atoms with E-state index in [1.807, 2.05) is 12.2 Å². The second-order valence-electron chi connectivity index (χ2n) is 3.93. The van der Waals surface area contributed by atoms with Crippen LogP contribution in [0.4, 0.5) is 0 Å². The minimum absolute atomic E-state index is 0.693. The number of hydrogen-bond donors (Lipinski definition) is 0. The summed E-state index contributed by atoms with van der Waals surface area (Å²) in [6, 6.07) is 0. The Hall–Kier alpha value is -0.715. The van der Waals surface area contributed by atoms with E-state index >= 15 is 0 Å².